The van der Waals surface area contributed by atoms with E-state index < -0.39 is 9.84 Å². The summed E-state index contributed by atoms with van der Waals surface area (Å²) in [5.74, 6) is 1.02. The van der Waals surface area contributed by atoms with Crippen LogP contribution in [0.15, 0.2) is 0 Å². The standard InChI is InChI=1S/C8H15N5O2S/c1-6(9)8-10-11-12-13(8)7-2-4-16(14,15)5-3-7/h6-7H,2-5,9H2,1H3. The van der Waals surface area contributed by atoms with Gasteiger partial charge in [0, 0.05) is 0 Å². The van der Waals surface area contributed by atoms with E-state index in [1.807, 2.05) is 6.92 Å². The van der Waals surface area contributed by atoms with Crippen LogP contribution in [0.1, 0.15) is 37.7 Å². The molecule has 1 unspecified atom stereocenters. The van der Waals surface area contributed by atoms with Crippen molar-refractivity contribution in [3.63, 3.8) is 0 Å². The third-order valence-corrected chi connectivity index (χ3v) is 4.51. The van der Waals surface area contributed by atoms with E-state index in [9.17, 15) is 8.42 Å². The third-order valence-electron chi connectivity index (χ3n) is 2.80. The first-order valence-electron chi connectivity index (χ1n) is 5.23. The summed E-state index contributed by atoms with van der Waals surface area (Å²) in [5, 5.41) is 11.3. The molecule has 1 aliphatic heterocycles. The molecule has 1 fully saturated rings. The topological polar surface area (TPSA) is 104 Å². The predicted molar refractivity (Wildman–Crippen MR) is 57.3 cm³/mol. The zero-order valence-corrected chi connectivity index (χ0v) is 9.89. The molecule has 2 rings (SSSR count). The van der Waals surface area contributed by atoms with Gasteiger partial charge in [-0.3, -0.25) is 0 Å². The smallest absolute Gasteiger partial charge is 0.167 e. The lowest BCUT2D eigenvalue weighted by molar-refractivity contribution is 0.386. The maximum Gasteiger partial charge on any atom is 0.167 e. The van der Waals surface area contributed by atoms with E-state index in [0.717, 1.165) is 0 Å². The maximum atomic E-state index is 11.3. The molecule has 1 aromatic rings. The Hall–Kier alpha value is -1.02. The lowest BCUT2D eigenvalue weighted by atomic mass is 10.1. The van der Waals surface area contributed by atoms with Gasteiger partial charge in [0.25, 0.3) is 0 Å². The molecule has 0 amide bonds. The molecule has 90 valence electrons. The highest BCUT2D eigenvalue weighted by atomic mass is 32.2. The average Bonchev–Trinajstić information content (AvgIpc) is 2.66. The highest BCUT2D eigenvalue weighted by Crippen LogP contribution is 2.24. The molecule has 2 heterocycles. The van der Waals surface area contributed by atoms with E-state index in [1.54, 1.807) is 4.68 Å². The van der Waals surface area contributed by atoms with Crippen LogP contribution in [0.25, 0.3) is 0 Å². The van der Waals surface area contributed by atoms with Crippen molar-refractivity contribution in [2.24, 2.45) is 5.73 Å². The van der Waals surface area contributed by atoms with E-state index in [2.05, 4.69) is 15.5 Å². The van der Waals surface area contributed by atoms with Gasteiger partial charge in [-0.2, -0.15) is 0 Å². The first-order chi connectivity index (χ1) is 7.49. The average molecular weight is 245 g/mol. The SMILES string of the molecule is CC(N)c1nnnn1C1CCS(=O)(=O)CC1. The predicted octanol–water partition coefficient (Wildman–Crippen LogP) is -0.557. The highest BCUT2D eigenvalue weighted by molar-refractivity contribution is 7.91. The molecular weight excluding hydrogens is 230 g/mol. The molecule has 0 spiro atoms. The molecule has 0 aromatic carbocycles. The van der Waals surface area contributed by atoms with Crippen LogP contribution in [0.4, 0.5) is 0 Å². The zero-order valence-electron chi connectivity index (χ0n) is 9.07. The van der Waals surface area contributed by atoms with Gasteiger partial charge in [-0.15, -0.1) is 5.10 Å². The largest absolute Gasteiger partial charge is 0.322 e. The minimum atomic E-state index is -2.85. The van der Waals surface area contributed by atoms with Gasteiger partial charge in [0.2, 0.25) is 0 Å². The number of sulfone groups is 1. The van der Waals surface area contributed by atoms with Gasteiger partial charge in [-0.05, 0) is 30.2 Å². The molecular formula is C8H15N5O2S. The fourth-order valence-electron chi connectivity index (χ4n) is 1.88. The third kappa shape index (κ3) is 2.22. The van der Waals surface area contributed by atoms with Crippen LogP contribution in [0, 0.1) is 0 Å². The minimum Gasteiger partial charge on any atom is -0.322 e. The first-order valence-corrected chi connectivity index (χ1v) is 7.05. The Bertz CT molecular complexity index is 453. The number of rotatable bonds is 2. The minimum absolute atomic E-state index is 0.0551. The Labute approximate surface area is 93.9 Å². The summed E-state index contributed by atoms with van der Waals surface area (Å²) in [5.41, 5.74) is 5.74. The van der Waals surface area contributed by atoms with Crippen molar-refractivity contribution in [2.45, 2.75) is 31.8 Å². The van der Waals surface area contributed by atoms with E-state index in [0.29, 0.717) is 18.7 Å². The number of hydrogen-bond acceptors (Lipinski definition) is 6. The van der Waals surface area contributed by atoms with Crippen LogP contribution in [0.2, 0.25) is 0 Å². The summed E-state index contributed by atoms with van der Waals surface area (Å²) in [4.78, 5) is 0. The molecule has 1 atom stereocenters. The van der Waals surface area contributed by atoms with Gasteiger partial charge < -0.3 is 5.73 Å². The van der Waals surface area contributed by atoms with Gasteiger partial charge in [-0.1, -0.05) is 0 Å². The van der Waals surface area contributed by atoms with Crippen LogP contribution >= 0.6 is 0 Å². The lowest BCUT2D eigenvalue weighted by Gasteiger charge is -2.23. The number of hydrogen-bond donors (Lipinski definition) is 1. The second kappa shape index (κ2) is 4.10. The van der Waals surface area contributed by atoms with Gasteiger partial charge >= 0.3 is 0 Å². The van der Waals surface area contributed by atoms with E-state index >= 15 is 0 Å². The number of nitrogens with zero attached hydrogens (tertiary/aromatic N) is 4. The molecule has 1 aromatic heterocycles. The van der Waals surface area contributed by atoms with Crippen LogP contribution < -0.4 is 5.73 Å². The van der Waals surface area contributed by atoms with Crippen molar-refractivity contribution < 1.29 is 8.42 Å². The maximum absolute atomic E-state index is 11.3. The normalized spacial score (nSPS) is 23.1. The van der Waals surface area contributed by atoms with E-state index in [1.165, 1.54) is 0 Å². The summed E-state index contributed by atoms with van der Waals surface area (Å²) in [6, 6.07) is -0.187. The number of tetrazole rings is 1. The van der Waals surface area contributed by atoms with Crippen molar-refractivity contribution >= 4 is 9.84 Å². The molecule has 7 nitrogen and oxygen atoms in total. The summed E-state index contributed by atoms with van der Waals surface area (Å²) < 4.78 is 24.3. The van der Waals surface area contributed by atoms with Gasteiger partial charge in [0.15, 0.2) is 5.82 Å². The fourth-order valence-corrected chi connectivity index (χ4v) is 3.35. The zero-order chi connectivity index (χ0) is 11.8. The Morgan fingerprint density at radius 2 is 2.06 bits per heavy atom. The van der Waals surface area contributed by atoms with Crippen molar-refractivity contribution in [1.29, 1.82) is 0 Å². The van der Waals surface area contributed by atoms with Gasteiger partial charge in [-0.25, -0.2) is 13.1 Å². The van der Waals surface area contributed by atoms with Crippen LogP contribution in [-0.4, -0.2) is 40.1 Å². The number of nitrogens with two attached hydrogens (primary N) is 1. The van der Waals surface area contributed by atoms with Crippen LogP contribution in [0.3, 0.4) is 0 Å². The number of aromatic nitrogens is 4. The van der Waals surface area contributed by atoms with Crippen molar-refractivity contribution in [3.05, 3.63) is 5.82 Å². The van der Waals surface area contributed by atoms with Crippen molar-refractivity contribution in [3.8, 4) is 0 Å². The quantitative estimate of drug-likeness (QED) is 0.749. The van der Waals surface area contributed by atoms with Gasteiger partial charge in [0.05, 0.1) is 23.6 Å². The van der Waals surface area contributed by atoms with Crippen molar-refractivity contribution in [2.75, 3.05) is 11.5 Å². The highest BCUT2D eigenvalue weighted by Gasteiger charge is 2.27. The molecule has 0 bridgehead atoms. The summed E-state index contributed by atoms with van der Waals surface area (Å²) in [7, 11) is -2.85. The molecule has 0 aliphatic carbocycles. The second-order valence-corrected chi connectivity index (χ2v) is 6.46. The molecule has 1 saturated heterocycles. The summed E-state index contributed by atoms with van der Waals surface area (Å²) >= 11 is 0. The molecule has 16 heavy (non-hydrogen) atoms. The fraction of sp³-hybridized carbons (Fsp3) is 0.875. The van der Waals surface area contributed by atoms with Crippen LogP contribution in [0.5, 0.6) is 0 Å². The summed E-state index contributed by atoms with van der Waals surface area (Å²) in [6.45, 7) is 1.81. The van der Waals surface area contributed by atoms with Crippen LogP contribution in [-0.2, 0) is 9.84 Å². The van der Waals surface area contributed by atoms with E-state index in [4.69, 9.17) is 5.73 Å². The van der Waals surface area contributed by atoms with E-state index in [-0.39, 0.29) is 23.6 Å². The Balaban J connectivity index is 2.17. The molecule has 1 aliphatic rings. The Morgan fingerprint density at radius 3 is 2.62 bits per heavy atom. The second-order valence-electron chi connectivity index (χ2n) is 4.15. The molecule has 0 radical (unpaired) electrons. The molecule has 8 heteroatoms. The van der Waals surface area contributed by atoms with Crippen molar-refractivity contribution in [1.82, 2.24) is 20.2 Å². The Kier molecular flexibility index (Phi) is 2.94. The van der Waals surface area contributed by atoms with Gasteiger partial charge in [0.1, 0.15) is 9.84 Å². The molecule has 0 saturated carbocycles. The molecule has 2 N–H and O–H groups in total. The monoisotopic (exact) mass is 245 g/mol. The first kappa shape index (κ1) is 11.5. The Morgan fingerprint density at radius 1 is 1.44 bits per heavy atom. The summed E-state index contributed by atoms with van der Waals surface area (Å²) in [6.07, 6.45) is 1.13. The lowest BCUT2D eigenvalue weighted by Crippen LogP contribution is -2.28.